The van der Waals surface area contributed by atoms with Gasteiger partial charge in [0.05, 0.1) is 12.5 Å². The molecular weight excluding hydrogens is 252 g/mol. The molecule has 3 rings (SSSR count). The van der Waals surface area contributed by atoms with Gasteiger partial charge in [0.15, 0.2) is 0 Å². The molecule has 18 heavy (non-hydrogen) atoms. The second kappa shape index (κ2) is 4.06. The summed E-state index contributed by atoms with van der Waals surface area (Å²) in [5.74, 6) is -0.303. The molecule has 0 aromatic rings. The zero-order valence-corrected chi connectivity index (χ0v) is 10.1. The summed E-state index contributed by atoms with van der Waals surface area (Å²) in [5.41, 5.74) is 0.0878. The number of hydrogen-bond acceptors (Lipinski definition) is 5. The first kappa shape index (κ1) is 11.2. The van der Waals surface area contributed by atoms with E-state index in [1.165, 1.54) is 0 Å². The summed E-state index contributed by atoms with van der Waals surface area (Å²) < 4.78 is 4.58. The zero-order chi connectivity index (χ0) is 12.6. The van der Waals surface area contributed by atoms with E-state index in [2.05, 4.69) is 4.99 Å². The van der Waals surface area contributed by atoms with Crippen molar-refractivity contribution in [3.63, 3.8) is 0 Å². The quantitative estimate of drug-likeness (QED) is 0.779. The van der Waals surface area contributed by atoms with Crippen LogP contribution in [0.5, 0.6) is 0 Å². The van der Waals surface area contributed by atoms with Crippen LogP contribution < -0.4 is 0 Å². The fourth-order valence-electron chi connectivity index (χ4n) is 1.95. The highest BCUT2D eigenvalue weighted by Crippen LogP contribution is 2.39. The Labute approximate surface area is 108 Å². The Morgan fingerprint density at radius 3 is 3.00 bits per heavy atom. The number of amidine groups is 1. The highest BCUT2D eigenvalue weighted by Gasteiger charge is 2.39. The van der Waals surface area contributed by atoms with Crippen LogP contribution in [0, 0.1) is 0 Å². The number of nitrogens with zero attached hydrogens (tertiary/aromatic N) is 2. The molecule has 0 bridgehead atoms. The number of rotatable bonds is 1. The second-order valence-corrected chi connectivity index (χ2v) is 5.10. The lowest BCUT2D eigenvalue weighted by atomic mass is 10.0. The van der Waals surface area contributed by atoms with E-state index in [1.807, 2.05) is 28.7 Å². The normalized spacial score (nSPS) is 23.2. The molecule has 3 aliphatic rings. The van der Waals surface area contributed by atoms with E-state index in [-0.39, 0.29) is 5.70 Å². The van der Waals surface area contributed by atoms with E-state index in [0.717, 1.165) is 0 Å². The molecule has 1 spiro atoms. The molecule has 3 heterocycles. The molecule has 3 aliphatic heterocycles. The summed E-state index contributed by atoms with van der Waals surface area (Å²) in [6.07, 6.45) is 10.4. The SMILES string of the molecule is O=C(O)C1=CCN2C=CSC3(C=COC=C3)C2=N1. The van der Waals surface area contributed by atoms with Crippen LogP contribution in [-0.2, 0) is 9.53 Å². The van der Waals surface area contributed by atoms with Crippen molar-refractivity contribution in [2.24, 2.45) is 4.99 Å². The molecule has 5 nitrogen and oxygen atoms in total. The first-order valence-electron chi connectivity index (χ1n) is 5.36. The van der Waals surface area contributed by atoms with Gasteiger partial charge >= 0.3 is 5.97 Å². The Balaban J connectivity index is 2.07. The summed E-state index contributed by atoms with van der Waals surface area (Å²) in [6.45, 7) is 0.516. The fourth-order valence-corrected chi connectivity index (χ4v) is 2.92. The molecule has 0 radical (unpaired) electrons. The van der Waals surface area contributed by atoms with Crippen molar-refractivity contribution >= 4 is 23.6 Å². The van der Waals surface area contributed by atoms with E-state index in [1.54, 1.807) is 30.4 Å². The summed E-state index contributed by atoms with van der Waals surface area (Å²) in [5, 5.41) is 11.0. The average molecular weight is 262 g/mol. The molecule has 0 fully saturated rings. The van der Waals surface area contributed by atoms with Crippen LogP contribution in [0.25, 0.3) is 0 Å². The predicted octanol–water partition coefficient (Wildman–Crippen LogP) is 1.68. The van der Waals surface area contributed by atoms with E-state index in [4.69, 9.17) is 9.84 Å². The molecule has 0 aromatic carbocycles. The molecule has 0 saturated carbocycles. The van der Waals surface area contributed by atoms with Crippen LogP contribution in [0.4, 0.5) is 0 Å². The van der Waals surface area contributed by atoms with Crippen molar-refractivity contribution < 1.29 is 14.6 Å². The van der Waals surface area contributed by atoms with Gasteiger partial charge in [0, 0.05) is 12.7 Å². The van der Waals surface area contributed by atoms with Gasteiger partial charge in [0.2, 0.25) is 0 Å². The van der Waals surface area contributed by atoms with Gasteiger partial charge in [-0.3, -0.25) is 0 Å². The Bertz CT molecular complexity index is 534. The number of ether oxygens (including phenoxy) is 1. The summed E-state index contributed by atoms with van der Waals surface area (Å²) in [7, 11) is 0. The highest BCUT2D eigenvalue weighted by atomic mass is 32.2. The van der Waals surface area contributed by atoms with Crippen LogP contribution in [0.2, 0.25) is 0 Å². The van der Waals surface area contributed by atoms with Gasteiger partial charge < -0.3 is 14.7 Å². The molecule has 6 heteroatoms. The van der Waals surface area contributed by atoms with Gasteiger partial charge in [-0.25, -0.2) is 9.79 Å². The molecule has 0 aromatic heterocycles. The van der Waals surface area contributed by atoms with Crippen LogP contribution >= 0.6 is 11.8 Å². The minimum atomic E-state index is -1.00. The molecule has 0 aliphatic carbocycles. The van der Waals surface area contributed by atoms with Crippen LogP contribution in [0.3, 0.4) is 0 Å². The van der Waals surface area contributed by atoms with Gasteiger partial charge in [-0.2, -0.15) is 0 Å². The number of thioether (sulfide) groups is 1. The smallest absolute Gasteiger partial charge is 0.354 e. The fraction of sp³-hybridized carbons (Fsp3) is 0.167. The van der Waals surface area contributed by atoms with Crippen molar-refractivity contribution in [2.45, 2.75) is 4.75 Å². The topological polar surface area (TPSA) is 62.1 Å². The summed E-state index contributed by atoms with van der Waals surface area (Å²) in [6, 6.07) is 0. The Morgan fingerprint density at radius 1 is 1.50 bits per heavy atom. The maximum Gasteiger partial charge on any atom is 0.354 e. The van der Waals surface area contributed by atoms with Gasteiger partial charge in [-0.05, 0) is 23.6 Å². The lowest BCUT2D eigenvalue weighted by Crippen LogP contribution is -2.46. The number of hydrogen-bond donors (Lipinski definition) is 1. The van der Waals surface area contributed by atoms with Crippen molar-refractivity contribution in [1.82, 2.24) is 4.90 Å². The van der Waals surface area contributed by atoms with Gasteiger partial charge in [0.1, 0.15) is 16.3 Å². The number of carbonyl (C=O) groups is 1. The number of aliphatic imine (C=N–C) groups is 1. The average Bonchev–Trinajstić information content (AvgIpc) is 2.40. The predicted molar refractivity (Wildman–Crippen MR) is 68.7 cm³/mol. The third-order valence-electron chi connectivity index (χ3n) is 2.84. The van der Waals surface area contributed by atoms with Crippen molar-refractivity contribution in [3.05, 3.63) is 48.1 Å². The highest BCUT2D eigenvalue weighted by molar-refractivity contribution is 8.04. The summed E-state index contributed by atoms with van der Waals surface area (Å²) >= 11 is 1.56. The monoisotopic (exact) mass is 262 g/mol. The molecule has 1 N–H and O–H groups in total. The van der Waals surface area contributed by atoms with Crippen molar-refractivity contribution in [2.75, 3.05) is 6.54 Å². The van der Waals surface area contributed by atoms with E-state index in [9.17, 15) is 4.79 Å². The lowest BCUT2D eigenvalue weighted by molar-refractivity contribution is -0.132. The van der Waals surface area contributed by atoms with Gasteiger partial charge in [0.25, 0.3) is 0 Å². The maximum atomic E-state index is 11.0. The number of fused-ring (bicyclic) bond motifs is 2. The third-order valence-corrected chi connectivity index (χ3v) is 3.94. The second-order valence-electron chi connectivity index (χ2n) is 3.92. The zero-order valence-electron chi connectivity index (χ0n) is 9.31. The minimum absolute atomic E-state index is 0.0878. The van der Waals surface area contributed by atoms with Crippen LogP contribution in [-0.4, -0.2) is 33.1 Å². The maximum absolute atomic E-state index is 11.0. The Hall–Kier alpha value is -1.95. The molecular formula is C12H10N2O3S. The lowest BCUT2D eigenvalue weighted by Gasteiger charge is -2.38. The molecule has 0 unspecified atom stereocenters. The molecule has 92 valence electrons. The summed E-state index contributed by atoms with van der Waals surface area (Å²) in [4.78, 5) is 17.2. The minimum Gasteiger partial charge on any atom is -0.477 e. The number of carboxylic acid groups (broad SMARTS) is 1. The standard InChI is InChI=1S/C12H10N2O3S/c15-10(16)9-1-4-14-5-8-18-12(11(14)13-9)2-6-17-7-3-12/h1-3,5-8H,4H2,(H,15,16). The van der Waals surface area contributed by atoms with Gasteiger partial charge in [-0.1, -0.05) is 0 Å². The van der Waals surface area contributed by atoms with E-state index < -0.39 is 10.7 Å². The number of aliphatic carboxylic acids is 1. The van der Waals surface area contributed by atoms with Crippen molar-refractivity contribution in [1.29, 1.82) is 0 Å². The molecule has 0 atom stereocenters. The van der Waals surface area contributed by atoms with Crippen molar-refractivity contribution in [3.8, 4) is 0 Å². The molecule has 0 saturated heterocycles. The van der Waals surface area contributed by atoms with Gasteiger partial charge in [-0.15, -0.1) is 11.8 Å². The largest absolute Gasteiger partial charge is 0.477 e. The van der Waals surface area contributed by atoms with E-state index >= 15 is 0 Å². The van der Waals surface area contributed by atoms with Crippen LogP contribution in [0.1, 0.15) is 0 Å². The van der Waals surface area contributed by atoms with E-state index in [0.29, 0.717) is 12.4 Å². The Kier molecular flexibility index (Phi) is 2.52. The Morgan fingerprint density at radius 2 is 2.28 bits per heavy atom. The number of carboxylic acids is 1. The third kappa shape index (κ3) is 1.65. The first-order chi connectivity index (χ1) is 8.71. The first-order valence-corrected chi connectivity index (χ1v) is 6.24. The molecule has 0 amide bonds. The van der Waals surface area contributed by atoms with Crippen LogP contribution in [0.15, 0.2) is 53.0 Å².